The first-order valence-corrected chi connectivity index (χ1v) is 11.7. The second-order valence-corrected chi connectivity index (χ2v) is 9.77. The fourth-order valence-corrected chi connectivity index (χ4v) is 5.01. The molecule has 0 bridgehead atoms. The van der Waals surface area contributed by atoms with Crippen molar-refractivity contribution in [1.82, 2.24) is 0 Å². The van der Waals surface area contributed by atoms with Crippen molar-refractivity contribution in [2.45, 2.75) is 19.6 Å². The van der Waals surface area contributed by atoms with E-state index in [0.717, 1.165) is 32.8 Å². The molecule has 2 nitrogen and oxygen atoms in total. The highest BCUT2D eigenvalue weighted by Crippen LogP contribution is 2.26. The molecule has 0 amide bonds. The van der Waals surface area contributed by atoms with Gasteiger partial charge < -0.3 is 0 Å². The summed E-state index contributed by atoms with van der Waals surface area (Å²) in [5, 5.41) is 0. The Hall–Kier alpha value is -0.210. The Balaban J connectivity index is 2.17. The molecule has 0 fully saturated rings. The summed E-state index contributed by atoms with van der Waals surface area (Å²) >= 11 is 11.7. The average molecular weight is 403 g/mol. The Labute approximate surface area is 157 Å². The predicted octanol–water partition coefficient (Wildman–Crippen LogP) is 4.56. The molecular weight excluding hydrogens is 385 g/mol. The Kier molecular flexibility index (Phi) is 7.75. The van der Waals surface area contributed by atoms with Gasteiger partial charge in [0, 0.05) is 21.3 Å². The van der Waals surface area contributed by atoms with E-state index < -0.39 is 9.84 Å². The van der Waals surface area contributed by atoms with Crippen LogP contribution < -0.4 is 0 Å². The van der Waals surface area contributed by atoms with Crippen LogP contribution in [0.3, 0.4) is 0 Å². The fraction of sp³-hybridized carbons (Fsp3) is 0.250. The van der Waals surface area contributed by atoms with Crippen LogP contribution >= 0.6 is 48.8 Å². The van der Waals surface area contributed by atoms with Crippen LogP contribution in [0.15, 0.2) is 68.1 Å². The topological polar surface area (TPSA) is 34.1 Å². The van der Waals surface area contributed by atoms with Gasteiger partial charge in [0.2, 0.25) is 9.84 Å². The van der Waals surface area contributed by atoms with E-state index in [4.69, 9.17) is 0 Å². The van der Waals surface area contributed by atoms with Gasteiger partial charge in [-0.05, 0) is 60.0 Å². The van der Waals surface area contributed by atoms with Gasteiger partial charge in [0.25, 0.3) is 0 Å². The molecule has 0 heterocycles. The molecule has 0 aromatic heterocycles. The quantitative estimate of drug-likeness (QED) is 0.501. The molecule has 0 saturated carbocycles. The number of rotatable bonds is 8. The van der Waals surface area contributed by atoms with Crippen molar-refractivity contribution in [1.29, 1.82) is 0 Å². The minimum Gasteiger partial charge on any atom is -0.219 e. The molecule has 0 N–H and O–H groups in total. The molecular formula is C16H18O2S5. The van der Waals surface area contributed by atoms with E-state index >= 15 is 0 Å². The number of thioether (sulfide) groups is 2. The van der Waals surface area contributed by atoms with Crippen LogP contribution in [0.1, 0.15) is 0 Å². The third-order valence-corrected chi connectivity index (χ3v) is 7.85. The van der Waals surface area contributed by atoms with E-state index in [1.807, 2.05) is 24.3 Å². The summed E-state index contributed by atoms with van der Waals surface area (Å²) in [5.41, 5.74) is 0. The highest BCUT2D eigenvalue weighted by atomic mass is 32.2. The highest BCUT2D eigenvalue weighted by molar-refractivity contribution is 8.00. The Morgan fingerprint density at radius 1 is 0.696 bits per heavy atom. The molecule has 7 heteroatoms. The molecule has 0 aliphatic heterocycles. The lowest BCUT2D eigenvalue weighted by molar-refractivity contribution is 0.596. The van der Waals surface area contributed by atoms with Gasteiger partial charge in [0.1, 0.15) is 0 Å². The van der Waals surface area contributed by atoms with Crippen molar-refractivity contribution in [3.8, 4) is 0 Å². The molecule has 0 aliphatic rings. The maximum atomic E-state index is 12.6. The second-order valence-electron chi connectivity index (χ2n) is 4.59. The van der Waals surface area contributed by atoms with Gasteiger partial charge in [-0.2, -0.15) is 25.3 Å². The van der Waals surface area contributed by atoms with Crippen molar-refractivity contribution in [3.05, 3.63) is 48.5 Å². The number of thiol groups is 2. The van der Waals surface area contributed by atoms with E-state index in [1.54, 1.807) is 47.8 Å². The maximum Gasteiger partial charge on any atom is 0.206 e. The minimum atomic E-state index is -3.46. The van der Waals surface area contributed by atoms with E-state index in [-0.39, 0.29) is 0 Å². The molecule has 23 heavy (non-hydrogen) atoms. The first-order chi connectivity index (χ1) is 11.1. The summed E-state index contributed by atoms with van der Waals surface area (Å²) in [7, 11) is -3.46. The number of benzene rings is 2. The van der Waals surface area contributed by atoms with Crippen molar-refractivity contribution < 1.29 is 8.42 Å². The molecule has 2 aromatic rings. The van der Waals surface area contributed by atoms with Crippen LogP contribution in [0, 0.1) is 0 Å². The lowest BCUT2D eigenvalue weighted by Gasteiger charge is -2.07. The molecule has 2 rings (SSSR count). The molecule has 0 radical (unpaired) electrons. The SMILES string of the molecule is O=S(=O)(c1ccc(SCCS)cc1)c1ccc(SCCS)cc1. The van der Waals surface area contributed by atoms with Crippen LogP contribution in [-0.2, 0) is 9.84 Å². The summed E-state index contributed by atoms with van der Waals surface area (Å²) in [6, 6.07) is 14.0. The normalized spacial score (nSPS) is 11.6. The molecule has 0 spiro atoms. The molecule has 0 atom stereocenters. The van der Waals surface area contributed by atoms with E-state index in [9.17, 15) is 8.42 Å². The maximum absolute atomic E-state index is 12.6. The van der Waals surface area contributed by atoms with Crippen LogP contribution in [0.4, 0.5) is 0 Å². The predicted molar refractivity (Wildman–Crippen MR) is 107 cm³/mol. The highest BCUT2D eigenvalue weighted by Gasteiger charge is 2.17. The first-order valence-electron chi connectivity index (χ1n) is 7.00. The van der Waals surface area contributed by atoms with Gasteiger partial charge in [0.05, 0.1) is 9.79 Å². The lowest BCUT2D eigenvalue weighted by Crippen LogP contribution is -2.01. The van der Waals surface area contributed by atoms with Crippen LogP contribution in [-0.4, -0.2) is 31.4 Å². The molecule has 124 valence electrons. The van der Waals surface area contributed by atoms with Gasteiger partial charge in [0.15, 0.2) is 0 Å². The molecule has 2 aromatic carbocycles. The van der Waals surface area contributed by atoms with Crippen molar-refractivity contribution >= 4 is 58.6 Å². The van der Waals surface area contributed by atoms with Gasteiger partial charge in [-0.25, -0.2) is 8.42 Å². The van der Waals surface area contributed by atoms with Crippen LogP contribution in [0.2, 0.25) is 0 Å². The zero-order chi connectivity index (χ0) is 16.7. The van der Waals surface area contributed by atoms with Crippen molar-refractivity contribution in [2.75, 3.05) is 23.0 Å². The zero-order valence-corrected chi connectivity index (χ0v) is 16.6. The Morgan fingerprint density at radius 2 is 1.04 bits per heavy atom. The Morgan fingerprint density at radius 3 is 1.35 bits per heavy atom. The van der Waals surface area contributed by atoms with Crippen LogP contribution in [0.25, 0.3) is 0 Å². The van der Waals surface area contributed by atoms with Crippen LogP contribution in [0.5, 0.6) is 0 Å². The number of sulfone groups is 1. The fourth-order valence-electron chi connectivity index (χ4n) is 1.89. The van der Waals surface area contributed by atoms with E-state index in [2.05, 4.69) is 25.3 Å². The van der Waals surface area contributed by atoms with E-state index in [0.29, 0.717) is 9.79 Å². The third kappa shape index (κ3) is 5.39. The monoisotopic (exact) mass is 402 g/mol. The third-order valence-electron chi connectivity index (χ3n) is 2.99. The summed E-state index contributed by atoms with van der Waals surface area (Å²) in [6.07, 6.45) is 0. The van der Waals surface area contributed by atoms with Gasteiger partial charge in [-0.15, -0.1) is 23.5 Å². The van der Waals surface area contributed by atoms with Gasteiger partial charge in [-0.3, -0.25) is 0 Å². The summed E-state index contributed by atoms with van der Waals surface area (Å²) in [6.45, 7) is 0. The zero-order valence-electron chi connectivity index (χ0n) is 12.4. The first kappa shape index (κ1) is 19.1. The minimum absolute atomic E-state index is 0.323. The summed E-state index contributed by atoms with van der Waals surface area (Å²) in [5.74, 6) is 3.39. The summed E-state index contributed by atoms with van der Waals surface area (Å²) < 4.78 is 25.3. The van der Waals surface area contributed by atoms with Gasteiger partial charge >= 0.3 is 0 Å². The second kappa shape index (κ2) is 9.32. The lowest BCUT2D eigenvalue weighted by atomic mass is 10.4. The number of hydrogen-bond acceptors (Lipinski definition) is 6. The average Bonchev–Trinajstić information content (AvgIpc) is 2.59. The van der Waals surface area contributed by atoms with Crippen molar-refractivity contribution in [2.24, 2.45) is 0 Å². The largest absolute Gasteiger partial charge is 0.219 e. The Bertz CT molecular complexity index is 652. The number of hydrogen-bond donors (Lipinski definition) is 2. The summed E-state index contributed by atoms with van der Waals surface area (Å²) in [4.78, 5) is 2.75. The van der Waals surface area contributed by atoms with E-state index in [1.165, 1.54) is 0 Å². The standard InChI is InChI=1S/C16H18O2S5/c17-23(18,15-5-1-13(2-6-15)21-11-9-19)16-7-3-14(4-8-16)22-12-10-20/h1-8,19-20H,9-12H2. The molecule has 0 saturated heterocycles. The van der Waals surface area contributed by atoms with Crippen molar-refractivity contribution in [3.63, 3.8) is 0 Å². The molecule has 0 unspecified atom stereocenters. The van der Waals surface area contributed by atoms with Gasteiger partial charge in [-0.1, -0.05) is 0 Å². The molecule has 0 aliphatic carbocycles. The smallest absolute Gasteiger partial charge is 0.206 e.